The average molecular weight is 196 g/mol. The maximum atomic E-state index is 12.7. The van der Waals surface area contributed by atoms with Gasteiger partial charge >= 0.3 is 0 Å². The van der Waals surface area contributed by atoms with Crippen LogP contribution in [-0.4, -0.2) is 17.3 Å². The second-order valence-corrected chi connectivity index (χ2v) is 2.69. The van der Waals surface area contributed by atoms with Crippen LogP contribution in [0.3, 0.4) is 0 Å². The molecule has 0 radical (unpaired) electrons. The number of amides is 1. The minimum Gasteiger partial charge on any atom is -0.411 e. The van der Waals surface area contributed by atoms with Crippen molar-refractivity contribution in [3.05, 3.63) is 29.6 Å². The fourth-order valence-corrected chi connectivity index (χ4v) is 0.946. The van der Waals surface area contributed by atoms with E-state index in [9.17, 15) is 9.18 Å². The van der Waals surface area contributed by atoms with Crippen LogP contribution in [0.15, 0.2) is 23.4 Å². The summed E-state index contributed by atoms with van der Waals surface area (Å²) in [6.45, 7) is 1.73. The standard InChI is InChI=1S/C9H9FN2O2/c1-6-2-3-7(10)4-8(6)12-9(13)5-11-14/h2-5,14H,1H3,(H,12,13). The molecule has 0 heterocycles. The number of nitrogens with zero attached hydrogens (tertiary/aromatic N) is 1. The van der Waals surface area contributed by atoms with Crippen LogP contribution >= 0.6 is 0 Å². The number of carbonyl (C=O) groups excluding carboxylic acids is 1. The van der Waals surface area contributed by atoms with Gasteiger partial charge in [0.2, 0.25) is 0 Å². The van der Waals surface area contributed by atoms with Gasteiger partial charge in [-0.25, -0.2) is 4.39 Å². The number of anilines is 1. The topological polar surface area (TPSA) is 61.7 Å². The zero-order valence-electron chi connectivity index (χ0n) is 7.49. The second-order valence-electron chi connectivity index (χ2n) is 2.69. The summed E-state index contributed by atoms with van der Waals surface area (Å²) in [6.07, 6.45) is 0.699. The number of rotatable bonds is 2. The van der Waals surface area contributed by atoms with Gasteiger partial charge in [0.25, 0.3) is 5.91 Å². The largest absolute Gasteiger partial charge is 0.411 e. The van der Waals surface area contributed by atoms with E-state index in [1.54, 1.807) is 13.0 Å². The lowest BCUT2D eigenvalue weighted by Gasteiger charge is -2.05. The molecule has 0 aliphatic carbocycles. The van der Waals surface area contributed by atoms with Crippen LogP contribution in [0.4, 0.5) is 10.1 Å². The van der Waals surface area contributed by atoms with Crippen molar-refractivity contribution in [1.29, 1.82) is 0 Å². The molecule has 5 heteroatoms. The summed E-state index contributed by atoms with van der Waals surface area (Å²) >= 11 is 0. The normalized spacial score (nSPS) is 10.4. The van der Waals surface area contributed by atoms with Gasteiger partial charge in [-0.3, -0.25) is 4.79 Å². The Morgan fingerprint density at radius 2 is 2.36 bits per heavy atom. The second kappa shape index (κ2) is 4.36. The molecule has 0 saturated heterocycles. The zero-order valence-corrected chi connectivity index (χ0v) is 7.49. The third-order valence-electron chi connectivity index (χ3n) is 1.63. The van der Waals surface area contributed by atoms with Crippen molar-refractivity contribution in [2.75, 3.05) is 5.32 Å². The lowest BCUT2D eigenvalue weighted by molar-refractivity contribution is -0.110. The highest BCUT2D eigenvalue weighted by molar-refractivity contribution is 6.31. The van der Waals surface area contributed by atoms with Crippen LogP contribution in [0.1, 0.15) is 5.56 Å². The Morgan fingerprint density at radius 1 is 1.64 bits per heavy atom. The first-order chi connectivity index (χ1) is 6.63. The van der Waals surface area contributed by atoms with Crippen molar-refractivity contribution >= 4 is 17.8 Å². The van der Waals surface area contributed by atoms with Gasteiger partial charge in [-0.1, -0.05) is 11.2 Å². The average Bonchev–Trinajstić information content (AvgIpc) is 2.12. The molecule has 0 fully saturated rings. The van der Waals surface area contributed by atoms with Crippen LogP contribution < -0.4 is 5.32 Å². The molecule has 0 bridgehead atoms. The highest BCUT2D eigenvalue weighted by Gasteiger charge is 2.03. The molecule has 0 aliphatic heterocycles. The summed E-state index contributed by atoms with van der Waals surface area (Å²) in [5.74, 6) is -1.05. The third-order valence-corrected chi connectivity index (χ3v) is 1.63. The molecule has 0 atom stereocenters. The smallest absolute Gasteiger partial charge is 0.270 e. The number of hydrogen-bond acceptors (Lipinski definition) is 3. The summed E-state index contributed by atoms with van der Waals surface area (Å²) in [5, 5.41) is 13.0. The molecular weight excluding hydrogens is 187 g/mol. The van der Waals surface area contributed by atoms with Crippen molar-refractivity contribution in [1.82, 2.24) is 0 Å². The summed E-state index contributed by atoms with van der Waals surface area (Å²) in [5.41, 5.74) is 1.08. The molecule has 0 unspecified atom stereocenters. The fraction of sp³-hybridized carbons (Fsp3) is 0.111. The van der Waals surface area contributed by atoms with Crippen molar-refractivity contribution in [3.8, 4) is 0 Å². The Bertz CT molecular complexity index is 377. The van der Waals surface area contributed by atoms with Crippen LogP contribution in [0, 0.1) is 12.7 Å². The maximum absolute atomic E-state index is 12.7. The summed E-state index contributed by atoms with van der Waals surface area (Å²) in [6, 6.07) is 4.03. The Labute approximate surface area is 80.0 Å². The molecule has 0 spiro atoms. The zero-order chi connectivity index (χ0) is 10.6. The van der Waals surface area contributed by atoms with Crippen LogP contribution in [0.2, 0.25) is 0 Å². The first kappa shape index (κ1) is 10.2. The summed E-state index contributed by atoms with van der Waals surface area (Å²) < 4.78 is 12.7. The first-order valence-electron chi connectivity index (χ1n) is 3.88. The molecule has 2 N–H and O–H groups in total. The molecule has 0 aromatic heterocycles. The predicted molar refractivity (Wildman–Crippen MR) is 50.0 cm³/mol. The quantitative estimate of drug-likeness (QED) is 0.428. The SMILES string of the molecule is Cc1ccc(F)cc1NC(=O)C=NO. The number of oxime groups is 1. The summed E-state index contributed by atoms with van der Waals surface area (Å²) in [7, 11) is 0. The van der Waals surface area contributed by atoms with Crippen molar-refractivity contribution in [2.24, 2.45) is 5.16 Å². The summed E-state index contributed by atoms with van der Waals surface area (Å²) in [4.78, 5) is 10.9. The molecule has 74 valence electrons. The van der Waals surface area contributed by atoms with E-state index in [-0.39, 0.29) is 0 Å². The van der Waals surface area contributed by atoms with E-state index >= 15 is 0 Å². The van der Waals surface area contributed by atoms with Crippen LogP contribution in [-0.2, 0) is 4.79 Å². The molecule has 1 aromatic carbocycles. The van der Waals surface area contributed by atoms with E-state index in [0.717, 1.165) is 5.56 Å². The van der Waals surface area contributed by atoms with E-state index < -0.39 is 11.7 Å². The van der Waals surface area contributed by atoms with Crippen molar-refractivity contribution in [2.45, 2.75) is 6.92 Å². The number of hydrogen-bond donors (Lipinski definition) is 2. The number of nitrogens with one attached hydrogen (secondary N) is 1. The van der Waals surface area contributed by atoms with Gasteiger partial charge in [0.15, 0.2) is 0 Å². The molecule has 0 aliphatic rings. The van der Waals surface area contributed by atoms with Crippen LogP contribution in [0.5, 0.6) is 0 Å². The molecule has 1 amide bonds. The Morgan fingerprint density at radius 3 is 3.00 bits per heavy atom. The Balaban J connectivity index is 2.85. The third kappa shape index (κ3) is 2.55. The predicted octanol–water partition coefficient (Wildman–Crippen LogP) is 1.53. The number of aryl methyl sites for hydroxylation is 1. The van der Waals surface area contributed by atoms with Gasteiger partial charge in [-0.05, 0) is 24.6 Å². The van der Waals surface area contributed by atoms with Crippen molar-refractivity contribution < 1.29 is 14.4 Å². The molecular formula is C9H9FN2O2. The first-order valence-corrected chi connectivity index (χ1v) is 3.88. The highest BCUT2D eigenvalue weighted by Crippen LogP contribution is 2.15. The molecule has 14 heavy (non-hydrogen) atoms. The van der Waals surface area contributed by atoms with E-state index in [0.29, 0.717) is 11.9 Å². The van der Waals surface area contributed by atoms with Gasteiger partial charge in [0.05, 0.1) is 0 Å². The molecule has 1 rings (SSSR count). The minimum atomic E-state index is -0.610. The highest BCUT2D eigenvalue weighted by atomic mass is 19.1. The van der Waals surface area contributed by atoms with E-state index in [1.165, 1.54) is 12.1 Å². The maximum Gasteiger partial charge on any atom is 0.270 e. The number of benzene rings is 1. The van der Waals surface area contributed by atoms with E-state index in [1.807, 2.05) is 0 Å². The monoisotopic (exact) mass is 196 g/mol. The van der Waals surface area contributed by atoms with Crippen LogP contribution in [0.25, 0.3) is 0 Å². The lowest BCUT2D eigenvalue weighted by Crippen LogP contribution is -2.13. The number of halogens is 1. The van der Waals surface area contributed by atoms with Crippen molar-refractivity contribution in [3.63, 3.8) is 0 Å². The van der Waals surface area contributed by atoms with Gasteiger partial charge in [-0.15, -0.1) is 0 Å². The Kier molecular flexibility index (Phi) is 3.17. The Hall–Kier alpha value is -1.91. The van der Waals surface area contributed by atoms with Gasteiger partial charge < -0.3 is 10.5 Å². The molecule has 1 aromatic rings. The number of carbonyl (C=O) groups is 1. The van der Waals surface area contributed by atoms with Gasteiger partial charge in [-0.2, -0.15) is 0 Å². The molecule has 4 nitrogen and oxygen atoms in total. The minimum absolute atomic E-state index is 0.356. The van der Waals surface area contributed by atoms with E-state index in [2.05, 4.69) is 10.5 Å². The fourth-order valence-electron chi connectivity index (χ4n) is 0.946. The molecule has 0 saturated carbocycles. The van der Waals surface area contributed by atoms with E-state index in [4.69, 9.17) is 5.21 Å². The van der Waals surface area contributed by atoms with Gasteiger partial charge in [0.1, 0.15) is 12.0 Å². The lowest BCUT2D eigenvalue weighted by atomic mass is 10.2. The van der Waals surface area contributed by atoms with Gasteiger partial charge in [0, 0.05) is 5.69 Å².